The summed E-state index contributed by atoms with van der Waals surface area (Å²) in [5, 5.41) is 9.34. The van der Waals surface area contributed by atoms with Crippen LogP contribution in [0.5, 0.6) is 0 Å². The summed E-state index contributed by atoms with van der Waals surface area (Å²) in [5.41, 5.74) is 1.49. The second-order valence-corrected chi connectivity index (χ2v) is 7.56. The standard InChI is InChI=1S/C20H25BrN4O2.HI/c1-2-22-19(24-11-10-23-18(26)17-7-4-12-27-17)25-14-20(8-9-20)15-5-3-6-16(21)13-15;/h3-7,12-13H,2,8-11,14H2,1H3,(H,23,26)(H2,22,24,25);1H. The maximum Gasteiger partial charge on any atom is 0.287 e. The number of carbonyl (C=O) groups excluding carboxylic acids is 1. The number of hydrogen-bond acceptors (Lipinski definition) is 3. The van der Waals surface area contributed by atoms with E-state index in [0.717, 1.165) is 36.4 Å². The number of rotatable bonds is 8. The van der Waals surface area contributed by atoms with Gasteiger partial charge in [0.2, 0.25) is 0 Å². The first-order valence-corrected chi connectivity index (χ1v) is 10.0. The van der Waals surface area contributed by atoms with E-state index in [-0.39, 0.29) is 35.3 Å². The predicted octanol–water partition coefficient (Wildman–Crippen LogP) is 3.68. The molecule has 1 aromatic carbocycles. The van der Waals surface area contributed by atoms with Crippen LogP contribution in [0.25, 0.3) is 0 Å². The Balaban J connectivity index is 0.00000280. The molecule has 1 aliphatic carbocycles. The van der Waals surface area contributed by atoms with Gasteiger partial charge in [0, 0.05) is 29.5 Å². The van der Waals surface area contributed by atoms with E-state index in [2.05, 4.69) is 50.1 Å². The maximum atomic E-state index is 11.8. The molecule has 152 valence electrons. The van der Waals surface area contributed by atoms with Crippen molar-refractivity contribution in [3.63, 3.8) is 0 Å². The zero-order valence-corrected chi connectivity index (χ0v) is 19.8. The van der Waals surface area contributed by atoms with Crippen LogP contribution in [0.4, 0.5) is 0 Å². The number of amides is 1. The molecular weight excluding hydrogens is 535 g/mol. The van der Waals surface area contributed by atoms with Gasteiger partial charge < -0.3 is 20.4 Å². The zero-order valence-electron chi connectivity index (χ0n) is 15.8. The molecule has 6 nitrogen and oxygen atoms in total. The summed E-state index contributed by atoms with van der Waals surface area (Å²) < 4.78 is 6.18. The van der Waals surface area contributed by atoms with Gasteiger partial charge in [-0.2, -0.15) is 0 Å². The fraction of sp³-hybridized carbons (Fsp3) is 0.400. The molecule has 1 aromatic heterocycles. The number of nitrogens with zero attached hydrogens (tertiary/aromatic N) is 1. The van der Waals surface area contributed by atoms with E-state index in [1.54, 1.807) is 12.1 Å². The van der Waals surface area contributed by atoms with Crippen LogP contribution in [-0.2, 0) is 5.41 Å². The number of carbonyl (C=O) groups is 1. The van der Waals surface area contributed by atoms with Gasteiger partial charge in [0.15, 0.2) is 11.7 Å². The highest BCUT2D eigenvalue weighted by Gasteiger charge is 2.44. The zero-order chi connectivity index (χ0) is 19.1. The van der Waals surface area contributed by atoms with E-state index in [4.69, 9.17) is 9.41 Å². The Hall–Kier alpha value is -1.55. The molecule has 0 radical (unpaired) electrons. The van der Waals surface area contributed by atoms with Gasteiger partial charge in [-0.25, -0.2) is 0 Å². The lowest BCUT2D eigenvalue weighted by Gasteiger charge is -2.16. The van der Waals surface area contributed by atoms with Crippen LogP contribution in [0.1, 0.15) is 35.9 Å². The summed E-state index contributed by atoms with van der Waals surface area (Å²) >= 11 is 3.55. The van der Waals surface area contributed by atoms with E-state index < -0.39 is 0 Å². The van der Waals surface area contributed by atoms with Gasteiger partial charge in [-0.15, -0.1) is 24.0 Å². The Morgan fingerprint density at radius 2 is 1.96 bits per heavy atom. The smallest absolute Gasteiger partial charge is 0.287 e. The number of hydrogen-bond donors (Lipinski definition) is 3. The minimum atomic E-state index is -0.213. The van der Waals surface area contributed by atoms with Crippen molar-refractivity contribution in [2.75, 3.05) is 26.2 Å². The molecule has 2 aromatic rings. The van der Waals surface area contributed by atoms with Gasteiger partial charge in [-0.3, -0.25) is 9.79 Å². The molecule has 0 aliphatic heterocycles. The quantitative estimate of drug-likeness (QED) is 0.199. The van der Waals surface area contributed by atoms with Crippen LogP contribution in [0.15, 0.2) is 56.5 Å². The molecule has 3 rings (SSSR count). The Kier molecular flexibility index (Phi) is 8.81. The van der Waals surface area contributed by atoms with Gasteiger partial charge in [-0.05, 0) is 49.6 Å². The molecule has 0 spiro atoms. The van der Waals surface area contributed by atoms with Crippen LogP contribution in [-0.4, -0.2) is 38.0 Å². The lowest BCUT2D eigenvalue weighted by atomic mass is 9.96. The molecule has 28 heavy (non-hydrogen) atoms. The second kappa shape index (κ2) is 10.8. The molecule has 1 saturated carbocycles. The molecule has 1 amide bonds. The number of nitrogens with one attached hydrogen (secondary N) is 3. The van der Waals surface area contributed by atoms with Crippen molar-refractivity contribution in [3.8, 4) is 0 Å². The van der Waals surface area contributed by atoms with Crippen molar-refractivity contribution in [2.24, 2.45) is 4.99 Å². The normalized spacial score (nSPS) is 14.7. The topological polar surface area (TPSA) is 78.7 Å². The van der Waals surface area contributed by atoms with Crippen LogP contribution >= 0.6 is 39.9 Å². The van der Waals surface area contributed by atoms with Crippen molar-refractivity contribution in [3.05, 3.63) is 58.5 Å². The molecule has 1 fully saturated rings. The number of aliphatic imine (C=N–C) groups is 1. The highest BCUT2D eigenvalue weighted by atomic mass is 127. The molecule has 3 N–H and O–H groups in total. The second-order valence-electron chi connectivity index (χ2n) is 6.65. The van der Waals surface area contributed by atoms with Crippen LogP contribution in [0, 0.1) is 0 Å². The van der Waals surface area contributed by atoms with Gasteiger partial charge >= 0.3 is 0 Å². The van der Waals surface area contributed by atoms with Crippen LogP contribution < -0.4 is 16.0 Å². The van der Waals surface area contributed by atoms with Crippen molar-refractivity contribution < 1.29 is 9.21 Å². The number of guanidine groups is 1. The van der Waals surface area contributed by atoms with E-state index >= 15 is 0 Å². The summed E-state index contributed by atoms with van der Waals surface area (Å²) in [7, 11) is 0. The summed E-state index contributed by atoms with van der Waals surface area (Å²) in [6.45, 7) is 4.64. The monoisotopic (exact) mass is 560 g/mol. The SMILES string of the molecule is CCNC(=NCC1(c2cccc(Br)c2)CC1)NCCNC(=O)c1ccco1.I. The summed E-state index contributed by atoms with van der Waals surface area (Å²) in [5.74, 6) is 0.876. The molecule has 1 aliphatic rings. The van der Waals surface area contributed by atoms with E-state index in [1.165, 1.54) is 11.8 Å². The lowest BCUT2D eigenvalue weighted by Crippen LogP contribution is -2.42. The van der Waals surface area contributed by atoms with E-state index in [9.17, 15) is 4.79 Å². The average molecular weight is 561 g/mol. The fourth-order valence-corrected chi connectivity index (χ4v) is 3.33. The highest BCUT2D eigenvalue weighted by Crippen LogP contribution is 2.48. The van der Waals surface area contributed by atoms with Gasteiger partial charge in [0.1, 0.15) is 0 Å². The molecule has 8 heteroatoms. The Morgan fingerprint density at radius 3 is 2.61 bits per heavy atom. The molecule has 0 atom stereocenters. The molecule has 1 heterocycles. The third-order valence-corrected chi connectivity index (χ3v) is 5.12. The maximum absolute atomic E-state index is 11.8. The largest absolute Gasteiger partial charge is 0.459 e. The average Bonchev–Trinajstić information content (AvgIpc) is 3.26. The first-order valence-electron chi connectivity index (χ1n) is 9.23. The van der Waals surface area contributed by atoms with Crippen molar-refractivity contribution in [1.82, 2.24) is 16.0 Å². The van der Waals surface area contributed by atoms with E-state index in [1.807, 2.05) is 13.0 Å². The summed E-state index contributed by atoms with van der Waals surface area (Å²) in [6.07, 6.45) is 3.80. The Labute approximate surface area is 191 Å². The number of furan rings is 1. The first-order chi connectivity index (χ1) is 13.1. The highest BCUT2D eigenvalue weighted by molar-refractivity contribution is 14.0. The minimum absolute atomic E-state index is 0. The van der Waals surface area contributed by atoms with Gasteiger partial charge in [0.25, 0.3) is 5.91 Å². The van der Waals surface area contributed by atoms with Gasteiger partial charge in [0.05, 0.1) is 12.8 Å². The first kappa shape index (κ1) is 22.7. The third-order valence-electron chi connectivity index (χ3n) is 4.62. The fourth-order valence-electron chi connectivity index (χ4n) is 2.93. The summed E-state index contributed by atoms with van der Waals surface area (Å²) in [6, 6.07) is 11.8. The number of benzene rings is 1. The Morgan fingerprint density at radius 1 is 1.18 bits per heavy atom. The van der Waals surface area contributed by atoms with Crippen LogP contribution in [0.3, 0.4) is 0 Å². The molecule has 0 saturated heterocycles. The minimum Gasteiger partial charge on any atom is -0.459 e. The molecule has 0 bridgehead atoms. The number of halogens is 2. The van der Waals surface area contributed by atoms with Crippen molar-refractivity contribution in [2.45, 2.75) is 25.2 Å². The van der Waals surface area contributed by atoms with E-state index in [0.29, 0.717) is 18.8 Å². The summed E-state index contributed by atoms with van der Waals surface area (Å²) in [4.78, 5) is 16.6. The Bertz CT molecular complexity index is 791. The van der Waals surface area contributed by atoms with Crippen LogP contribution in [0.2, 0.25) is 0 Å². The third kappa shape index (κ3) is 6.23. The predicted molar refractivity (Wildman–Crippen MR) is 125 cm³/mol. The van der Waals surface area contributed by atoms with Gasteiger partial charge in [-0.1, -0.05) is 28.1 Å². The lowest BCUT2D eigenvalue weighted by molar-refractivity contribution is 0.0926. The molecule has 0 unspecified atom stereocenters. The van der Waals surface area contributed by atoms with Crippen molar-refractivity contribution in [1.29, 1.82) is 0 Å². The van der Waals surface area contributed by atoms with Crippen molar-refractivity contribution >= 4 is 51.8 Å². The molecular formula is C20H26BrIN4O2.